The van der Waals surface area contributed by atoms with Crippen molar-refractivity contribution < 1.29 is 9.47 Å². The predicted octanol–water partition coefficient (Wildman–Crippen LogP) is 2.96. The molecule has 1 aromatic carbocycles. The van der Waals surface area contributed by atoms with Crippen molar-refractivity contribution >= 4 is 29.9 Å². The summed E-state index contributed by atoms with van der Waals surface area (Å²) in [5, 5.41) is 6.76. The summed E-state index contributed by atoms with van der Waals surface area (Å²) in [6.07, 6.45) is 6.64. The molecule has 0 bridgehead atoms. The summed E-state index contributed by atoms with van der Waals surface area (Å²) in [5.74, 6) is 2.48. The molecule has 1 fully saturated rings. The minimum absolute atomic E-state index is 0. The highest BCUT2D eigenvalue weighted by Gasteiger charge is 2.13. The number of hydrogen-bond donors (Lipinski definition) is 2. The van der Waals surface area contributed by atoms with Gasteiger partial charge in [-0.3, -0.25) is 4.99 Å². The van der Waals surface area contributed by atoms with E-state index in [9.17, 15) is 0 Å². The van der Waals surface area contributed by atoms with Crippen LogP contribution in [-0.4, -0.2) is 50.9 Å². The van der Waals surface area contributed by atoms with E-state index in [0.717, 1.165) is 36.0 Å². The van der Waals surface area contributed by atoms with Crippen LogP contribution < -0.4 is 20.1 Å². The molecule has 0 unspecified atom stereocenters. The summed E-state index contributed by atoms with van der Waals surface area (Å²) in [6, 6.07) is 6.02. The second-order valence-corrected chi connectivity index (χ2v) is 6.65. The molecule has 0 atom stereocenters. The third-order valence-electron chi connectivity index (χ3n) is 4.76. The first-order chi connectivity index (χ1) is 12.3. The van der Waals surface area contributed by atoms with Crippen LogP contribution in [0.2, 0.25) is 0 Å². The summed E-state index contributed by atoms with van der Waals surface area (Å²) in [6.45, 7) is 5.66. The summed E-state index contributed by atoms with van der Waals surface area (Å²) < 4.78 is 10.8. The Morgan fingerprint density at radius 2 is 1.85 bits per heavy atom. The SMILES string of the molecule is CN=C(NCCCN1CCCCCC1)NCc1ccc2c(c1)OCO2.I. The molecule has 2 N–H and O–H groups in total. The fourth-order valence-electron chi connectivity index (χ4n) is 3.33. The molecule has 2 aliphatic rings. The first-order valence-electron chi connectivity index (χ1n) is 9.40. The predicted molar refractivity (Wildman–Crippen MR) is 116 cm³/mol. The zero-order valence-electron chi connectivity index (χ0n) is 15.6. The molecular formula is C19H31IN4O2. The average Bonchev–Trinajstić information content (AvgIpc) is 2.95. The van der Waals surface area contributed by atoms with Gasteiger partial charge in [0.15, 0.2) is 17.5 Å². The Kier molecular flexibility index (Phi) is 9.31. The van der Waals surface area contributed by atoms with Gasteiger partial charge in [0.1, 0.15) is 0 Å². The number of ether oxygens (including phenoxy) is 2. The molecule has 0 saturated carbocycles. The summed E-state index contributed by atoms with van der Waals surface area (Å²) in [7, 11) is 1.81. The first kappa shape index (κ1) is 21.1. The first-order valence-corrected chi connectivity index (χ1v) is 9.40. The highest BCUT2D eigenvalue weighted by Crippen LogP contribution is 2.32. The normalized spacial score (nSPS) is 17.3. The second-order valence-electron chi connectivity index (χ2n) is 6.65. The van der Waals surface area contributed by atoms with Crippen molar-refractivity contribution in [3.05, 3.63) is 23.8 Å². The molecule has 146 valence electrons. The lowest BCUT2D eigenvalue weighted by atomic mass is 10.2. The van der Waals surface area contributed by atoms with Crippen LogP contribution in [0.1, 0.15) is 37.7 Å². The number of guanidine groups is 1. The molecule has 0 aromatic heterocycles. The van der Waals surface area contributed by atoms with Crippen molar-refractivity contribution in [3.8, 4) is 11.5 Å². The number of nitrogens with one attached hydrogen (secondary N) is 2. The van der Waals surface area contributed by atoms with E-state index >= 15 is 0 Å². The van der Waals surface area contributed by atoms with Gasteiger partial charge >= 0.3 is 0 Å². The zero-order valence-corrected chi connectivity index (χ0v) is 18.0. The minimum atomic E-state index is 0. The van der Waals surface area contributed by atoms with Crippen LogP contribution in [0.3, 0.4) is 0 Å². The van der Waals surface area contributed by atoms with Crippen LogP contribution in [0.25, 0.3) is 0 Å². The molecule has 2 heterocycles. The number of nitrogens with zero attached hydrogens (tertiary/aromatic N) is 2. The molecular weight excluding hydrogens is 443 g/mol. The van der Waals surface area contributed by atoms with Crippen LogP contribution in [0.4, 0.5) is 0 Å². The van der Waals surface area contributed by atoms with E-state index in [0.29, 0.717) is 13.3 Å². The summed E-state index contributed by atoms with van der Waals surface area (Å²) in [4.78, 5) is 6.89. The van der Waals surface area contributed by atoms with Crippen LogP contribution in [0.5, 0.6) is 11.5 Å². The molecule has 0 aliphatic carbocycles. The molecule has 1 saturated heterocycles. The average molecular weight is 474 g/mol. The van der Waals surface area contributed by atoms with Crippen LogP contribution in [0.15, 0.2) is 23.2 Å². The van der Waals surface area contributed by atoms with Gasteiger partial charge in [-0.15, -0.1) is 24.0 Å². The maximum absolute atomic E-state index is 5.42. The number of halogens is 1. The smallest absolute Gasteiger partial charge is 0.231 e. The largest absolute Gasteiger partial charge is 0.454 e. The van der Waals surface area contributed by atoms with E-state index < -0.39 is 0 Å². The Hall–Kier alpha value is -1.22. The molecule has 7 heteroatoms. The number of likely N-dealkylation sites (tertiary alicyclic amines) is 1. The molecule has 0 amide bonds. The van der Waals surface area contributed by atoms with E-state index in [-0.39, 0.29) is 24.0 Å². The molecule has 2 aliphatic heterocycles. The van der Waals surface area contributed by atoms with Gasteiger partial charge < -0.3 is 25.0 Å². The number of hydrogen-bond acceptors (Lipinski definition) is 4. The fourth-order valence-corrected chi connectivity index (χ4v) is 3.33. The highest BCUT2D eigenvalue weighted by molar-refractivity contribution is 14.0. The quantitative estimate of drug-likeness (QED) is 0.288. The van der Waals surface area contributed by atoms with Gasteiger partial charge in [-0.2, -0.15) is 0 Å². The Balaban J connectivity index is 0.00000243. The van der Waals surface area contributed by atoms with E-state index in [1.54, 1.807) is 0 Å². The summed E-state index contributed by atoms with van der Waals surface area (Å²) >= 11 is 0. The van der Waals surface area contributed by atoms with Crippen molar-refractivity contribution in [2.45, 2.75) is 38.6 Å². The second kappa shape index (κ2) is 11.5. The third kappa shape index (κ3) is 6.50. The monoisotopic (exact) mass is 474 g/mol. The third-order valence-corrected chi connectivity index (χ3v) is 4.76. The Labute approximate surface area is 173 Å². The molecule has 3 rings (SSSR count). The van der Waals surface area contributed by atoms with E-state index in [4.69, 9.17) is 9.47 Å². The lowest BCUT2D eigenvalue weighted by Gasteiger charge is -2.20. The van der Waals surface area contributed by atoms with Crippen LogP contribution in [-0.2, 0) is 6.54 Å². The van der Waals surface area contributed by atoms with Crippen molar-refractivity contribution in [3.63, 3.8) is 0 Å². The minimum Gasteiger partial charge on any atom is -0.454 e. The molecule has 1 aromatic rings. The number of fused-ring (bicyclic) bond motifs is 1. The molecule has 26 heavy (non-hydrogen) atoms. The lowest BCUT2D eigenvalue weighted by molar-refractivity contribution is 0.174. The van der Waals surface area contributed by atoms with Gasteiger partial charge in [-0.1, -0.05) is 18.9 Å². The number of rotatable bonds is 6. The van der Waals surface area contributed by atoms with Crippen molar-refractivity contribution in [2.24, 2.45) is 4.99 Å². The fraction of sp³-hybridized carbons (Fsp3) is 0.632. The van der Waals surface area contributed by atoms with Crippen molar-refractivity contribution in [2.75, 3.05) is 40.0 Å². The number of aliphatic imine (C=N–C) groups is 1. The van der Waals surface area contributed by atoms with Crippen LogP contribution >= 0.6 is 24.0 Å². The van der Waals surface area contributed by atoms with E-state index in [1.165, 1.54) is 45.3 Å². The maximum Gasteiger partial charge on any atom is 0.231 e. The molecule has 6 nitrogen and oxygen atoms in total. The van der Waals surface area contributed by atoms with Crippen molar-refractivity contribution in [1.82, 2.24) is 15.5 Å². The van der Waals surface area contributed by atoms with E-state index in [2.05, 4.69) is 20.5 Å². The van der Waals surface area contributed by atoms with Gasteiger partial charge in [0.25, 0.3) is 0 Å². The van der Waals surface area contributed by atoms with Gasteiger partial charge in [0.05, 0.1) is 0 Å². The molecule has 0 spiro atoms. The topological polar surface area (TPSA) is 58.1 Å². The van der Waals surface area contributed by atoms with Crippen LogP contribution in [0, 0.1) is 0 Å². The number of benzene rings is 1. The zero-order chi connectivity index (χ0) is 17.3. The van der Waals surface area contributed by atoms with Gasteiger partial charge in [0, 0.05) is 20.1 Å². The Bertz CT molecular complexity index is 575. The summed E-state index contributed by atoms with van der Waals surface area (Å²) in [5.41, 5.74) is 1.15. The molecule has 0 radical (unpaired) electrons. The van der Waals surface area contributed by atoms with Gasteiger partial charge in [0.2, 0.25) is 6.79 Å². The van der Waals surface area contributed by atoms with Gasteiger partial charge in [-0.05, 0) is 56.6 Å². The standard InChI is InChI=1S/C19H30N4O2.HI/c1-20-19(21-9-6-12-23-10-4-2-3-5-11-23)22-14-16-7-8-17-18(13-16)25-15-24-17;/h7-8,13H,2-6,9-12,14-15H2,1H3,(H2,20,21,22);1H. The van der Waals surface area contributed by atoms with Crippen molar-refractivity contribution in [1.29, 1.82) is 0 Å². The highest BCUT2D eigenvalue weighted by atomic mass is 127. The van der Waals surface area contributed by atoms with Gasteiger partial charge in [-0.25, -0.2) is 0 Å². The Morgan fingerprint density at radius 3 is 2.62 bits per heavy atom. The Morgan fingerprint density at radius 1 is 1.08 bits per heavy atom. The van der Waals surface area contributed by atoms with E-state index in [1.807, 2.05) is 25.2 Å². The maximum atomic E-state index is 5.42. The lowest BCUT2D eigenvalue weighted by Crippen LogP contribution is -2.38.